The average molecular weight is 347 g/mol. The van der Waals surface area contributed by atoms with Crippen LogP contribution in [0.3, 0.4) is 0 Å². The average Bonchev–Trinajstić information content (AvgIpc) is 2.48. The van der Waals surface area contributed by atoms with E-state index >= 15 is 0 Å². The van der Waals surface area contributed by atoms with Gasteiger partial charge in [-0.2, -0.15) is 13.2 Å². The van der Waals surface area contributed by atoms with Crippen molar-refractivity contribution in [2.45, 2.75) is 36.4 Å². The van der Waals surface area contributed by atoms with Crippen LogP contribution < -0.4 is 0 Å². The van der Waals surface area contributed by atoms with Crippen molar-refractivity contribution in [3.05, 3.63) is 35.4 Å². The van der Waals surface area contributed by atoms with Crippen LogP contribution in [0.1, 0.15) is 30.9 Å². The first kappa shape index (κ1) is 17.7. The van der Waals surface area contributed by atoms with Gasteiger partial charge in [0.05, 0.1) is 9.64 Å². The van der Waals surface area contributed by atoms with Gasteiger partial charge in [-0.15, -0.1) is 23.5 Å². The van der Waals surface area contributed by atoms with Gasteiger partial charge in [0.2, 0.25) is 0 Å². The fraction of sp³-hybridized carbons (Fsp3) is 0.562. The fourth-order valence-electron chi connectivity index (χ4n) is 2.44. The lowest BCUT2D eigenvalue weighted by Gasteiger charge is -2.38. The zero-order valence-electron chi connectivity index (χ0n) is 12.5. The van der Waals surface area contributed by atoms with Crippen molar-refractivity contribution in [2.75, 3.05) is 11.5 Å². The van der Waals surface area contributed by atoms with Crippen molar-refractivity contribution in [1.82, 2.24) is 0 Å². The first-order chi connectivity index (χ1) is 10.4. The molecule has 0 bridgehead atoms. The molecular formula is C16H20F3NS2. The fourth-order valence-corrected chi connectivity index (χ4v) is 6.05. The minimum atomic E-state index is -4.28. The van der Waals surface area contributed by atoms with Gasteiger partial charge in [-0.25, -0.2) is 0 Å². The van der Waals surface area contributed by atoms with Gasteiger partial charge in [-0.05, 0) is 47.8 Å². The van der Waals surface area contributed by atoms with Crippen molar-refractivity contribution in [3.63, 3.8) is 0 Å². The molecule has 6 heteroatoms. The maximum absolute atomic E-state index is 12.6. The van der Waals surface area contributed by atoms with E-state index in [0.717, 1.165) is 35.6 Å². The molecule has 122 valence electrons. The normalized spacial score (nSPS) is 25.9. The standard InChI is InChI=1S/C16H20F3NS2/c1-2-12-10-21-15(7-8-20,22-11-12)9-13-3-5-14(6-4-13)16(17,18)19/h3-6,8,12,20H,2,7,9-11H2,1H3. The summed E-state index contributed by atoms with van der Waals surface area (Å²) in [6.45, 7) is 2.19. The van der Waals surface area contributed by atoms with Crippen molar-refractivity contribution in [2.24, 2.45) is 5.92 Å². The maximum atomic E-state index is 12.6. The first-order valence-corrected chi connectivity index (χ1v) is 9.28. The van der Waals surface area contributed by atoms with E-state index < -0.39 is 11.7 Å². The van der Waals surface area contributed by atoms with Crippen LogP contribution in [0.15, 0.2) is 24.3 Å². The molecule has 1 aliphatic rings. The number of hydrogen-bond donors (Lipinski definition) is 1. The lowest BCUT2D eigenvalue weighted by molar-refractivity contribution is -0.137. The predicted molar refractivity (Wildman–Crippen MR) is 90.0 cm³/mol. The van der Waals surface area contributed by atoms with Crippen LogP contribution in [0.4, 0.5) is 13.2 Å². The predicted octanol–water partition coefficient (Wildman–Crippen LogP) is 5.49. The van der Waals surface area contributed by atoms with Crippen LogP contribution in [0.25, 0.3) is 0 Å². The molecule has 1 N–H and O–H groups in total. The van der Waals surface area contributed by atoms with E-state index in [0.29, 0.717) is 18.8 Å². The van der Waals surface area contributed by atoms with Crippen LogP contribution in [0, 0.1) is 11.3 Å². The Hall–Kier alpha value is -0.620. The highest BCUT2D eigenvalue weighted by Crippen LogP contribution is 2.48. The molecule has 0 unspecified atom stereocenters. The van der Waals surface area contributed by atoms with Crippen LogP contribution in [-0.2, 0) is 12.6 Å². The van der Waals surface area contributed by atoms with Crippen molar-refractivity contribution in [3.8, 4) is 0 Å². The molecule has 0 atom stereocenters. The molecule has 1 aromatic carbocycles. The molecule has 0 saturated carbocycles. The molecule has 1 aliphatic heterocycles. The third kappa shape index (κ3) is 4.44. The van der Waals surface area contributed by atoms with E-state index in [1.807, 2.05) is 23.5 Å². The molecular weight excluding hydrogens is 327 g/mol. The first-order valence-electron chi connectivity index (χ1n) is 7.31. The molecule has 0 spiro atoms. The van der Waals surface area contributed by atoms with Crippen LogP contribution in [0.2, 0.25) is 0 Å². The summed E-state index contributed by atoms with van der Waals surface area (Å²) in [4.78, 5) is 0. The monoisotopic (exact) mass is 347 g/mol. The number of rotatable bonds is 5. The summed E-state index contributed by atoms with van der Waals surface area (Å²) in [7, 11) is 0. The van der Waals surface area contributed by atoms with E-state index in [-0.39, 0.29) is 4.08 Å². The van der Waals surface area contributed by atoms with E-state index in [1.165, 1.54) is 6.21 Å². The molecule has 1 saturated heterocycles. The number of hydrogen-bond acceptors (Lipinski definition) is 3. The lowest BCUT2D eigenvalue weighted by Crippen LogP contribution is -2.32. The zero-order chi connectivity index (χ0) is 16.2. The van der Waals surface area contributed by atoms with Gasteiger partial charge in [0.1, 0.15) is 0 Å². The molecule has 1 aromatic rings. The maximum Gasteiger partial charge on any atom is 0.416 e. The van der Waals surface area contributed by atoms with Crippen molar-refractivity contribution in [1.29, 1.82) is 5.41 Å². The Kier molecular flexibility index (Phi) is 5.88. The molecule has 0 aliphatic carbocycles. The van der Waals surface area contributed by atoms with E-state index in [2.05, 4.69) is 6.92 Å². The Morgan fingerprint density at radius 2 is 1.82 bits per heavy atom. The lowest BCUT2D eigenvalue weighted by atomic mass is 10.1. The summed E-state index contributed by atoms with van der Waals surface area (Å²) in [6, 6.07) is 5.45. The highest BCUT2D eigenvalue weighted by molar-refractivity contribution is 8.18. The van der Waals surface area contributed by atoms with Gasteiger partial charge in [0, 0.05) is 6.42 Å². The molecule has 2 rings (SSSR count). The summed E-state index contributed by atoms with van der Waals surface area (Å²) < 4.78 is 37.8. The summed E-state index contributed by atoms with van der Waals surface area (Å²) >= 11 is 3.72. The zero-order valence-corrected chi connectivity index (χ0v) is 14.1. The second kappa shape index (κ2) is 7.30. The SMILES string of the molecule is CCC1CSC(CC=N)(Cc2ccc(C(F)(F)F)cc2)SC1. The Morgan fingerprint density at radius 3 is 2.27 bits per heavy atom. The Balaban J connectivity index is 2.10. The number of halogens is 3. The molecule has 0 radical (unpaired) electrons. The van der Waals surface area contributed by atoms with Gasteiger partial charge < -0.3 is 5.41 Å². The quantitative estimate of drug-likeness (QED) is 0.712. The molecule has 1 fully saturated rings. The van der Waals surface area contributed by atoms with Gasteiger partial charge in [0.15, 0.2) is 0 Å². The smallest absolute Gasteiger partial charge is 0.313 e. The molecule has 0 aromatic heterocycles. The third-order valence-corrected chi connectivity index (χ3v) is 7.57. The Morgan fingerprint density at radius 1 is 1.23 bits per heavy atom. The highest BCUT2D eigenvalue weighted by atomic mass is 32.2. The molecule has 1 nitrogen and oxygen atoms in total. The van der Waals surface area contributed by atoms with Gasteiger partial charge in [0.25, 0.3) is 0 Å². The summed E-state index contributed by atoms with van der Waals surface area (Å²) in [5.74, 6) is 2.83. The summed E-state index contributed by atoms with van der Waals surface area (Å²) in [5, 5.41) is 7.44. The topological polar surface area (TPSA) is 23.9 Å². The van der Waals surface area contributed by atoms with Crippen LogP contribution in [-0.4, -0.2) is 21.8 Å². The summed E-state index contributed by atoms with van der Waals surface area (Å²) in [5.41, 5.74) is 0.303. The minimum Gasteiger partial charge on any atom is -0.313 e. The number of alkyl halides is 3. The van der Waals surface area contributed by atoms with Gasteiger partial charge in [-0.1, -0.05) is 25.5 Å². The van der Waals surface area contributed by atoms with Crippen LogP contribution >= 0.6 is 23.5 Å². The van der Waals surface area contributed by atoms with Crippen molar-refractivity contribution < 1.29 is 13.2 Å². The van der Waals surface area contributed by atoms with E-state index in [9.17, 15) is 13.2 Å². The second-order valence-electron chi connectivity index (χ2n) is 5.59. The highest BCUT2D eigenvalue weighted by Gasteiger charge is 2.36. The van der Waals surface area contributed by atoms with Gasteiger partial charge >= 0.3 is 6.18 Å². The Bertz CT molecular complexity index is 491. The minimum absolute atomic E-state index is 0.104. The number of nitrogens with one attached hydrogen (secondary N) is 1. The molecule has 0 amide bonds. The largest absolute Gasteiger partial charge is 0.416 e. The van der Waals surface area contributed by atoms with E-state index in [1.54, 1.807) is 12.1 Å². The Labute approximate surface area is 138 Å². The summed E-state index contributed by atoms with van der Waals surface area (Å²) in [6.07, 6.45) is -0.350. The second-order valence-corrected chi connectivity index (χ2v) is 8.65. The van der Waals surface area contributed by atoms with Gasteiger partial charge in [-0.3, -0.25) is 0 Å². The molecule has 22 heavy (non-hydrogen) atoms. The number of thioether (sulfide) groups is 2. The third-order valence-electron chi connectivity index (χ3n) is 3.91. The van der Waals surface area contributed by atoms with E-state index in [4.69, 9.17) is 5.41 Å². The molecule has 1 heterocycles. The number of benzene rings is 1. The van der Waals surface area contributed by atoms with Crippen LogP contribution in [0.5, 0.6) is 0 Å². The van der Waals surface area contributed by atoms with Crippen molar-refractivity contribution >= 4 is 29.7 Å².